The van der Waals surface area contributed by atoms with E-state index in [1.54, 1.807) is 0 Å². The first-order chi connectivity index (χ1) is 8.33. The van der Waals surface area contributed by atoms with E-state index in [0.717, 1.165) is 31.4 Å². The average molecular weight is 250 g/mol. The SMILES string of the molecule is CCNc1nc(SC#N)nc(N2CCCC2)n1. The van der Waals surface area contributed by atoms with Gasteiger partial charge in [-0.05, 0) is 19.8 Å². The lowest BCUT2D eigenvalue weighted by atomic mass is 10.4. The fraction of sp³-hybridized carbons (Fsp3) is 0.600. The molecule has 0 aromatic carbocycles. The van der Waals surface area contributed by atoms with Gasteiger partial charge in [-0.15, -0.1) is 0 Å². The van der Waals surface area contributed by atoms with Crippen molar-refractivity contribution in [1.82, 2.24) is 15.0 Å². The highest BCUT2D eigenvalue weighted by Gasteiger charge is 2.17. The van der Waals surface area contributed by atoms with Crippen molar-refractivity contribution in [2.75, 3.05) is 29.9 Å². The summed E-state index contributed by atoms with van der Waals surface area (Å²) >= 11 is 0.965. The number of thioether (sulfide) groups is 1. The molecule has 0 aliphatic carbocycles. The van der Waals surface area contributed by atoms with Gasteiger partial charge in [0.15, 0.2) is 0 Å². The van der Waals surface area contributed by atoms with E-state index in [4.69, 9.17) is 5.26 Å². The molecule has 1 aliphatic heterocycles. The zero-order chi connectivity index (χ0) is 12.1. The topological polar surface area (TPSA) is 77.7 Å². The summed E-state index contributed by atoms with van der Waals surface area (Å²) in [6.07, 6.45) is 2.34. The van der Waals surface area contributed by atoms with Gasteiger partial charge in [0.1, 0.15) is 5.40 Å². The second kappa shape index (κ2) is 5.68. The number of nitriles is 1. The normalized spacial score (nSPS) is 14.7. The first-order valence-corrected chi connectivity index (χ1v) is 6.46. The molecule has 0 amide bonds. The predicted molar refractivity (Wildman–Crippen MR) is 66.9 cm³/mol. The van der Waals surface area contributed by atoms with Gasteiger partial charge < -0.3 is 10.2 Å². The molecule has 2 heterocycles. The fourth-order valence-electron chi connectivity index (χ4n) is 1.73. The van der Waals surface area contributed by atoms with Crippen LogP contribution in [0.15, 0.2) is 5.16 Å². The molecule has 0 radical (unpaired) electrons. The highest BCUT2D eigenvalue weighted by atomic mass is 32.2. The van der Waals surface area contributed by atoms with Crippen LogP contribution in [0.1, 0.15) is 19.8 Å². The molecular weight excluding hydrogens is 236 g/mol. The van der Waals surface area contributed by atoms with Gasteiger partial charge in [0.2, 0.25) is 17.1 Å². The number of anilines is 2. The Bertz CT molecular complexity index is 423. The van der Waals surface area contributed by atoms with Crippen LogP contribution in [-0.2, 0) is 0 Å². The Morgan fingerprint density at radius 3 is 2.76 bits per heavy atom. The van der Waals surface area contributed by atoms with Crippen LogP contribution >= 0.6 is 11.8 Å². The van der Waals surface area contributed by atoms with Gasteiger partial charge in [-0.25, -0.2) is 0 Å². The van der Waals surface area contributed by atoms with Crippen LogP contribution in [0.4, 0.5) is 11.9 Å². The van der Waals surface area contributed by atoms with E-state index < -0.39 is 0 Å². The zero-order valence-corrected chi connectivity index (χ0v) is 10.5. The smallest absolute Gasteiger partial charge is 0.231 e. The van der Waals surface area contributed by atoms with Crippen molar-refractivity contribution in [2.24, 2.45) is 0 Å². The summed E-state index contributed by atoms with van der Waals surface area (Å²) in [5, 5.41) is 14.2. The van der Waals surface area contributed by atoms with E-state index >= 15 is 0 Å². The third-order valence-electron chi connectivity index (χ3n) is 2.46. The summed E-state index contributed by atoms with van der Waals surface area (Å²) in [5.74, 6) is 1.22. The number of hydrogen-bond donors (Lipinski definition) is 1. The third-order valence-corrected chi connectivity index (χ3v) is 2.92. The Morgan fingerprint density at radius 2 is 2.12 bits per heavy atom. The van der Waals surface area contributed by atoms with Crippen LogP contribution in [0.5, 0.6) is 0 Å². The Kier molecular flexibility index (Phi) is 3.98. The van der Waals surface area contributed by atoms with Gasteiger partial charge >= 0.3 is 0 Å². The monoisotopic (exact) mass is 250 g/mol. The minimum atomic E-state index is 0.459. The molecule has 7 heteroatoms. The quantitative estimate of drug-likeness (QED) is 0.640. The average Bonchev–Trinajstić information content (AvgIpc) is 2.83. The maximum atomic E-state index is 8.68. The lowest BCUT2D eigenvalue weighted by Gasteiger charge is -2.15. The summed E-state index contributed by atoms with van der Waals surface area (Å²) in [7, 11) is 0. The highest BCUT2D eigenvalue weighted by Crippen LogP contribution is 2.20. The van der Waals surface area contributed by atoms with Crippen LogP contribution in [0.25, 0.3) is 0 Å². The first-order valence-electron chi connectivity index (χ1n) is 5.64. The Hall–Kier alpha value is -1.55. The molecule has 17 heavy (non-hydrogen) atoms. The van der Waals surface area contributed by atoms with Crippen molar-refractivity contribution in [3.63, 3.8) is 0 Å². The molecular formula is C10H14N6S. The molecule has 0 unspecified atom stereocenters. The number of aromatic nitrogens is 3. The summed E-state index contributed by atoms with van der Waals surface area (Å²) < 4.78 is 0. The van der Waals surface area contributed by atoms with Crippen molar-refractivity contribution >= 4 is 23.7 Å². The van der Waals surface area contributed by atoms with Crippen LogP contribution < -0.4 is 10.2 Å². The summed E-state index contributed by atoms with van der Waals surface area (Å²) in [5.41, 5.74) is 0. The van der Waals surface area contributed by atoms with Crippen molar-refractivity contribution in [3.05, 3.63) is 0 Å². The molecule has 1 saturated heterocycles. The minimum absolute atomic E-state index is 0.459. The molecule has 1 aliphatic rings. The molecule has 1 aromatic heterocycles. The second-order valence-corrected chi connectivity index (χ2v) is 4.41. The largest absolute Gasteiger partial charge is 0.354 e. The third kappa shape index (κ3) is 2.97. The Morgan fingerprint density at radius 1 is 1.35 bits per heavy atom. The number of nitrogens with zero attached hydrogens (tertiary/aromatic N) is 5. The molecule has 6 nitrogen and oxygen atoms in total. The number of thiocyanates is 1. The maximum absolute atomic E-state index is 8.68. The predicted octanol–water partition coefficient (Wildman–Crippen LogP) is 1.48. The lowest BCUT2D eigenvalue weighted by Crippen LogP contribution is -2.21. The molecule has 1 aromatic rings. The molecule has 90 valence electrons. The van der Waals surface area contributed by atoms with E-state index in [1.807, 2.05) is 12.3 Å². The van der Waals surface area contributed by atoms with E-state index in [0.29, 0.717) is 17.1 Å². The van der Waals surface area contributed by atoms with Gasteiger partial charge in [-0.2, -0.15) is 20.2 Å². The standard InChI is InChI=1S/C10H14N6S/c1-2-12-8-13-9(16-5-3-4-6-16)15-10(14-8)17-7-11/h2-6H2,1H3,(H,12,13,14,15). The molecule has 1 N–H and O–H groups in total. The van der Waals surface area contributed by atoms with E-state index in [9.17, 15) is 0 Å². The van der Waals surface area contributed by atoms with E-state index in [2.05, 4.69) is 25.2 Å². The summed E-state index contributed by atoms with van der Waals surface area (Å²) in [4.78, 5) is 14.9. The van der Waals surface area contributed by atoms with Crippen LogP contribution in [0.3, 0.4) is 0 Å². The molecule has 0 spiro atoms. The van der Waals surface area contributed by atoms with Gasteiger partial charge in [0.05, 0.1) is 0 Å². The minimum Gasteiger partial charge on any atom is -0.354 e. The van der Waals surface area contributed by atoms with Gasteiger partial charge in [0, 0.05) is 31.4 Å². The van der Waals surface area contributed by atoms with Crippen molar-refractivity contribution in [3.8, 4) is 5.40 Å². The molecule has 0 saturated carbocycles. The van der Waals surface area contributed by atoms with Crippen LogP contribution in [0, 0.1) is 10.7 Å². The fourth-order valence-corrected chi connectivity index (χ4v) is 2.07. The van der Waals surface area contributed by atoms with E-state index in [1.165, 1.54) is 12.8 Å². The Balaban J connectivity index is 2.26. The van der Waals surface area contributed by atoms with Gasteiger partial charge in [0.25, 0.3) is 0 Å². The van der Waals surface area contributed by atoms with Gasteiger partial charge in [-0.1, -0.05) is 0 Å². The van der Waals surface area contributed by atoms with Crippen molar-refractivity contribution < 1.29 is 0 Å². The first kappa shape index (κ1) is 11.9. The zero-order valence-electron chi connectivity index (χ0n) is 9.68. The molecule has 1 fully saturated rings. The summed E-state index contributed by atoms with van der Waals surface area (Å²) in [6.45, 7) is 4.69. The second-order valence-electron chi connectivity index (χ2n) is 3.66. The van der Waals surface area contributed by atoms with Crippen molar-refractivity contribution in [1.29, 1.82) is 5.26 Å². The van der Waals surface area contributed by atoms with Crippen LogP contribution in [0.2, 0.25) is 0 Å². The summed E-state index contributed by atoms with van der Waals surface area (Å²) in [6, 6.07) is 0. The molecule has 0 bridgehead atoms. The highest BCUT2D eigenvalue weighted by molar-refractivity contribution is 8.03. The van der Waals surface area contributed by atoms with Crippen LogP contribution in [-0.4, -0.2) is 34.6 Å². The number of rotatable bonds is 4. The number of nitrogens with one attached hydrogen (secondary N) is 1. The van der Waals surface area contributed by atoms with Gasteiger partial charge in [-0.3, -0.25) is 0 Å². The maximum Gasteiger partial charge on any atom is 0.231 e. The van der Waals surface area contributed by atoms with E-state index in [-0.39, 0.29) is 0 Å². The lowest BCUT2D eigenvalue weighted by molar-refractivity contribution is 0.827. The Labute approximate surface area is 104 Å². The van der Waals surface area contributed by atoms with Crippen molar-refractivity contribution in [2.45, 2.75) is 24.9 Å². The molecule has 0 atom stereocenters. The molecule has 2 rings (SSSR count). The number of hydrogen-bond acceptors (Lipinski definition) is 7.